The number of cyclic esters (lactones) is 1. The van der Waals surface area contributed by atoms with Crippen LogP contribution in [0.1, 0.15) is 13.8 Å². The van der Waals surface area contributed by atoms with Crippen LogP contribution in [0.15, 0.2) is 12.2 Å². The van der Waals surface area contributed by atoms with Crippen LogP contribution in [0.2, 0.25) is 0 Å². The van der Waals surface area contributed by atoms with E-state index < -0.39 is 0 Å². The van der Waals surface area contributed by atoms with E-state index in [0.717, 1.165) is 5.57 Å². The van der Waals surface area contributed by atoms with Gasteiger partial charge in [-0.3, -0.25) is 4.79 Å². The van der Waals surface area contributed by atoms with Crippen LogP contribution in [0.4, 0.5) is 0 Å². The topological polar surface area (TPSA) is 26.3 Å². The molecule has 0 amide bonds. The second kappa shape index (κ2) is 1.59. The number of carbonyl (C=O) groups excluding carboxylic acids is 1. The van der Waals surface area contributed by atoms with E-state index in [9.17, 15) is 4.79 Å². The average Bonchev–Trinajstić information content (AvgIpc) is 1.82. The summed E-state index contributed by atoms with van der Waals surface area (Å²) in [6.07, 6.45) is 0. The van der Waals surface area contributed by atoms with Crippen LogP contribution in [0.25, 0.3) is 0 Å². The molecule has 1 heterocycles. The molecule has 1 fully saturated rings. The monoisotopic (exact) mass is 126 g/mol. The van der Waals surface area contributed by atoms with E-state index in [-0.39, 0.29) is 11.4 Å². The van der Waals surface area contributed by atoms with Gasteiger partial charge in [0.1, 0.15) is 12.0 Å². The maximum absolute atomic E-state index is 10.7. The first kappa shape index (κ1) is 6.33. The van der Waals surface area contributed by atoms with Crippen molar-refractivity contribution in [2.75, 3.05) is 6.61 Å². The molecule has 50 valence electrons. The van der Waals surface area contributed by atoms with Gasteiger partial charge in [0.15, 0.2) is 0 Å². The number of ether oxygens (including phenoxy) is 1. The van der Waals surface area contributed by atoms with Gasteiger partial charge >= 0.3 is 5.97 Å². The number of esters is 1. The molecular formula is C7H10O2. The standard InChI is InChI=1S/C7H10O2/c1-5(2)7(3)4-9-6(7)8/h1,4H2,2-3H3. The summed E-state index contributed by atoms with van der Waals surface area (Å²) >= 11 is 0. The first-order chi connectivity index (χ1) is 4.07. The Bertz CT molecular complexity index is 162. The Morgan fingerprint density at radius 2 is 2.44 bits per heavy atom. The largest absolute Gasteiger partial charge is 0.463 e. The summed E-state index contributed by atoms with van der Waals surface area (Å²) in [4.78, 5) is 10.7. The summed E-state index contributed by atoms with van der Waals surface area (Å²) < 4.78 is 4.61. The Balaban J connectivity index is 2.76. The molecule has 1 aliphatic rings. The van der Waals surface area contributed by atoms with Gasteiger partial charge in [-0.1, -0.05) is 12.2 Å². The molecule has 0 aromatic rings. The van der Waals surface area contributed by atoms with E-state index in [1.807, 2.05) is 13.8 Å². The summed E-state index contributed by atoms with van der Waals surface area (Å²) in [6, 6.07) is 0. The fourth-order valence-corrected chi connectivity index (χ4v) is 0.645. The lowest BCUT2D eigenvalue weighted by Crippen LogP contribution is -2.46. The third kappa shape index (κ3) is 0.661. The first-order valence-electron chi connectivity index (χ1n) is 2.90. The molecule has 0 aromatic heterocycles. The van der Waals surface area contributed by atoms with Crippen molar-refractivity contribution in [3.63, 3.8) is 0 Å². The molecule has 0 aromatic carbocycles. The van der Waals surface area contributed by atoms with Gasteiger partial charge in [-0.15, -0.1) is 0 Å². The highest BCUT2D eigenvalue weighted by Crippen LogP contribution is 2.34. The lowest BCUT2D eigenvalue weighted by atomic mass is 9.81. The number of carbonyl (C=O) groups is 1. The molecule has 1 rings (SSSR count). The summed E-state index contributed by atoms with van der Waals surface area (Å²) in [5.74, 6) is -0.144. The molecule has 2 heteroatoms. The average molecular weight is 126 g/mol. The predicted octanol–water partition coefficient (Wildman–Crippen LogP) is 1.13. The predicted molar refractivity (Wildman–Crippen MR) is 33.9 cm³/mol. The van der Waals surface area contributed by atoms with Crippen LogP contribution < -0.4 is 0 Å². The van der Waals surface area contributed by atoms with Crippen LogP contribution in [-0.4, -0.2) is 12.6 Å². The maximum Gasteiger partial charge on any atom is 0.319 e. The zero-order valence-corrected chi connectivity index (χ0v) is 5.73. The molecule has 2 nitrogen and oxygen atoms in total. The van der Waals surface area contributed by atoms with E-state index in [1.165, 1.54) is 0 Å². The highest BCUT2D eigenvalue weighted by molar-refractivity contribution is 5.84. The van der Waals surface area contributed by atoms with Gasteiger partial charge in [-0.25, -0.2) is 0 Å². The van der Waals surface area contributed by atoms with E-state index >= 15 is 0 Å². The van der Waals surface area contributed by atoms with Crippen LogP contribution in [0, 0.1) is 5.41 Å². The zero-order valence-electron chi connectivity index (χ0n) is 5.73. The third-order valence-electron chi connectivity index (χ3n) is 1.88. The number of hydrogen-bond acceptors (Lipinski definition) is 2. The van der Waals surface area contributed by atoms with Gasteiger partial charge in [0.05, 0.1) is 0 Å². The molecule has 0 radical (unpaired) electrons. The van der Waals surface area contributed by atoms with Crippen molar-refractivity contribution in [1.82, 2.24) is 0 Å². The lowest BCUT2D eigenvalue weighted by Gasteiger charge is -2.35. The summed E-state index contributed by atoms with van der Waals surface area (Å²) in [6.45, 7) is 7.90. The molecule has 0 spiro atoms. The van der Waals surface area contributed by atoms with Gasteiger partial charge in [-0.05, 0) is 13.8 Å². The van der Waals surface area contributed by atoms with E-state index in [2.05, 4.69) is 11.3 Å². The van der Waals surface area contributed by atoms with Crippen molar-refractivity contribution >= 4 is 5.97 Å². The molecule has 1 aliphatic heterocycles. The van der Waals surface area contributed by atoms with Gasteiger partial charge < -0.3 is 4.74 Å². The molecule has 0 N–H and O–H groups in total. The van der Waals surface area contributed by atoms with Crippen molar-refractivity contribution in [2.45, 2.75) is 13.8 Å². The van der Waals surface area contributed by atoms with E-state index in [1.54, 1.807) is 0 Å². The Morgan fingerprint density at radius 3 is 2.44 bits per heavy atom. The van der Waals surface area contributed by atoms with Gasteiger partial charge in [-0.2, -0.15) is 0 Å². The molecule has 1 atom stereocenters. The summed E-state index contributed by atoms with van der Waals surface area (Å²) in [7, 11) is 0. The molecule has 1 saturated heterocycles. The van der Waals surface area contributed by atoms with Crippen LogP contribution in [0.3, 0.4) is 0 Å². The number of hydrogen-bond donors (Lipinski definition) is 0. The lowest BCUT2D eigenvalue weighted by molar-refractivity contribution is -0.177. The molecule has 0 bridgehead atoms. The fourth-order valence-electron chi connectivity index (χ4n) is 0.645. The van der Waals surface area contributed by atoms with Crippen molar-refractivity contribution < 1.29 is 9.53 Å². The molecular weight excluding hydrogens is 116 g/mol. The highest BCUT2D eigenvalue weighted by atomic mass is 16.6. The van der Waals surface area contributed by atoms with Crippen molar-refractivity contribution in [3.8, 4) is 0 Å². The summed E-state index contributed by atoms with van der Waals surface area (Å²) in [5.41, 5.74) is 0.513. The van der Waals surface area contributed by atoms with Gasteiger partial charge in [0, 0.05) is 0 Å². The quantitative estimate of drug-likeness (QED) is 0.389. The van der Waals surface area contributed by atoms with Crippen LogP contribution >= 0.6 is 0 Å². The normalized spacial score (nSPS) is 32.9. The Labute approximate surface area is 54.5 Å². The highest BCUT2D eigenvalue weighted by Gasteiger charge is 2.45. The van der Waals surface area contributed by atoms with Gasteiger partial charge in [0.2, 0.25) is 0 Å². The molecule has 9 heavy (non-hydrogen) atoms. The summed E-state index contributed by atoms with van der Waals surface area (Å²) in [5, 5.41) is 0. The third-order valence-corrected chi connectivity index (χ3v) is 1.88. The van der Waals surface area contributed by atoms with Crippen molar-refractivity contribution in [3.05, 3.63) is 12.2 Å². The van der Waals surface area contributed by atoms with Crippen LogP contribution in [0.5, 0.6) is 0 Å². The fraction of sp³-hybridized carbons (Fsp3) is 0.571. The second-order valence-electron chi connectivity index (χ2n) is 2.69. The minimum Gasteiger partial charge on any atom is -0.463 e. The minimum atomic E-state index is -0.375. The van der Waals surface area contributed by atoms with Gasteiger partial charge in [0.25, 0.3) is 0 Å². The molecule has 0 aliphatic carbocycles. The second-order valence-corrected chi connectivity index (χ2v) is 2.69. The Kier molecular flexibility index (Phi) is 1.12. The maximum atomic E-state index is 10.7. The van der Waals surface area contributed by atoms with E-state index in [4.69, 9.17) is 0 Å². The van der Waals surface area contributed by atoms with E-state index in [0.29, 0.717) is 6.61 Å². The zero-order chi connectivity index (χ0) is 7.07. The number of rotatable bonds is 1. The minimum absolute atomic E-state index is 0.144. The molecule has 1 unspecified atom stereocenters. The SMILES string of the molecule is C=C(C)C1(C)COC1=O. The first-order valence-corrected chi connectivity index (χ1v) is 2.90. The Morgan fingerprint density at radius 1 is 1.89 bits per heavy atom. The molecule has 0 saturated carbocycles. The smallest absolute Gasteiger partial charge is 0.319 e. The van der Waals surface area contributed by atoms with Crippen molar-refractivity contribution in [2.24, 2.45) is 5.41 Å². The van der Waals surface area contributed by atoms with Crippen molar-refractivity contribution in [1.29, 1.82) is 0 Å². The van der Waals surface area contributed by atoms with Crippen LogP contribution in [-0.2, 0) is 9.53 Å². The Hall–Kier alpha value is -0.790.